The summed E-state index contributed by atoms with van der Waals surface area (Å²) in [6.07, 6.45) is 4.00. The van der Waals surface area contributed by atoms with Gasteiger partial charge in [0.25, 0.3) is 0 Å². The Morgan fingerprint density at radius 2 is 2.40 bits per heavy atom. The Morgan fingerprint density at radius 1 is 1.67 bits per heavy atom. The molecule has 0 aromatic rings. The number of carboxylic acid groups (broad SMARTS) is 1. The Labute approximate surface area is 90.5 Å². The van der Waals surface area contributed by atoms with Crippen LogP contribution in [0, 0.1) is 11.3 Å². The molecule has 1 saturated heterocycles. The highest BCUT2D eigenvalue weighted by molar-refractivity contribution is 5.67. The molecule has 0 radical (unpaired) electrons. The lowest BCUT2D eigenvalue weighted by Crippen LogP contribution is -2.46. The topological polar surface area (TPSA) is 64.3 Å². The van der Waals surface area contributed by atoms with Crippen molar-refractivity contribution in [3.63, 3.8) is 0 Å². The summed E-state index contributed by atoms with van der Waals surface area (Å²) in [5.41, 5.74) is 0. The van der Waals surface area contributed by atoms with Crippen molar-refractivity contribution in [3.05, 3.63) is 0 Å². The van der Waals surface area contributed by atoms with Gasteiger partial charge in [-0.25, -0.2) is 0 Å². The van der Waals surface area contributed by atoms with Crippen molar-refractivity contribution in [1.82, 2.24) is 4.90 Å². The van der Waals surface area contributed by atoms with Crippen LogP contribution in [0.15, 0.2) is 0 Å². The maximum Gasteiger partial charge on any atom is 0.304 e. The molecular formula is C11H18N2O2. The van der Waals surface area contributed by atoms with E-state index < -0.39 is 5.97 Å². The predicted molar refractivity (Wildman–Crippen MR) is 56.3 cm³/mol. The molecule has 0 bridgehead atoms. The van der Waals surface area contributed by atoms with Gasteiger partial charge in [-0.3, -0.25) is 9.69 Å². The number of nitrogens with zero attached hydrogens (tertiary/aromatic N) is 2. The van der Waals surface area contributed by atoms with Gasteiger partial charge in [0.05, 0.1) is 18.5 Å². The minimum atomic E-state index is -0.764. The Hall–Kier alpha value is -1.08. The summed E-state index contributed by atoms with van der Waals surface area (Å²) in [6.45, 7) is 2.84. The van der Waals surface area contributed by atoms with Gasteiger partial charge in [-0.15, -0.1) is 0 Å². The van der Waals surface area contributed by atoms with Crippen LogP contribution >= 0.6 is 0 Å². The number of nitriles is 1. The van der Waals surface area contributed by atoms with Crippen LogP contribution in [-0.4, -0.2) is 34.6 Å². The smallest absolute Gasteiger partial charge is 0.304 e. The average molecular weight is 210 g/mol. The fraction of sp³-hybridized carbons (Fsp3) is 0.818. The van der Waals surface area contributed by atoms with Gasteiger partial charge in [0.2, 0.25) is 0 Å². The van der Waals surface area contributed by atoms with E-state index in [9.17, 15) is 4.79 Å². The molecule has 0 amide bonds. The van der Waals surface area contributed by atoms with Crippen LogP contribution < -0.4 is 0 Å². The van der Waals surface area contributed by atoms with Crippen LogP contribution in [0.5, 0.6) is 0 Å². The molecule has 1 aliphatic rings. The fourth-order valence-corrected chi connectivity index (χ4v) is 2.25. The zero-order valence-corrected chi connectivity index (χ0v) is 9.15. The normalized spacial score (nSPS) is 24.4. The molecule has 4 nitrogen and oxygen atoms in total. The average Bonchev–Trinajstić information content (AvgIpc) is 2.21. The fourth-order valence-electron chi connectivity index (χ4n) is 2.25. The molecule has 1 fully saturated rings. The minimum absolute atomic E-state index is 0.0563. The molecule has 1 aliphatic heterocycles. The van der Waals surface area contributed by atoms with E-state index in [1.165, 1.54) is 0 Å². The molecule has 84 valence electrons. The van der Waals surface area contributed by atoms with Gasteiger partial charge in [-0.05, 0) is 25.8 Å². The lowest BCUT2D eigenvalue weighted by Gasteiger charge is -2.37. The van der Waals surface area contributed by atoms with Gasteiger partial charge < -0.3 is 5.11 Å². The number of piperidine rings is 1. The van der Waals surface area contributed by atoms with Gasteiger partial charge >= 0.3 is 5.97 Å². The number of hydrogen-bond donors (Lipinski definition) is 1. The van der Waals surface area contributed by atoms with Crippen molar-refractivity contribution in [2.75, 3.05) is 6.54 Å². The maximum absolute atomic E-state index is 10.7. The van der Waals surface area contributed by atoms with Crippen LogP contribution in [0.3, 0.4) is 0 Å². The van der Waals surface area contributed by atoms with E-state index in [1.807, 2.05) is 6.92 Å². The first-order valence-corrected chi connectivity index (χ1v) is 5.56. The molecule has 0 spiro atoms. The summed E-state index contributed by atoms with van der Waals surface area (Å²) in [7, 11) is 0. The molecular weight excluding hydrogens is 192 g/mol. The van der Waals surface area contributed by atoms with Gasteiger partial charge in [0.15, 0.2) is 0 Å². The molecule has 0 saturated carbocycles. The number of rotatable bonds is 4. The Balaban J connectivity index is 2.64. The molecule has 2 unspecified atom stereocenters. The second-order valence-corrected chi connectivity index (χ2v) is 4.04. The van der Waals surface area contributed by atoms with Crippen molar-refractivity contribution in [2.24, 2.45) is 0 Å². The second-order valence-electron chi connectivity index (χ2n) is 4.04. The molecule has 4 heteroatoms. The summed E-state index contributed by atoms with van der Waals surface area (Å²) in [5, 5.41) is 17.8. The third kappa shape index (κ3) is 3.21. The van der Waals surface area contributed by atoms with Gasteiger partial charge in [0, 0.05) is 6.04 Å². The van der Waals surface area contributed by atoms with E-state index in [4.69, 9.17) is 10.4 Å². The van der Waals surface area contributed by atoms with Crippen LogP contribution in [0.2, 0.25) is 0 Å². The minimum Gasteiger partial charge on any atom is -0.481 e. The first-order chi connectivity index (χ1) is 7.19. The van der Waals surface area contributed by atoms with E-state index in [0.29, 0.717) is 0 Å². The lowest BCUT2D eigenvalue weighted by molar-refractivity contribution is -0.138. The molecule has 0 aromatic heterocycles. The van der Waals surface area contributed by atoms with Crippen molar-refractivity contribution in [1.29, 1.82) is 5.26 Å². The number of hydrogen-bond acceptors (Lipinski definition) is 3. The third-order valence-electron chi connectivity index (χ3n) is 3.02. The molecule has 1 heterocycles. The van der Waals surface area contributed by atoms with Gasteiger partial charge in [0.1, 0.15) is 0 Å². The Morgan fingerprint density at radius 3 is 2.93 bits per heavy atom. The van der Waals surface area contributed by atoms with Crippen LogP contribution in [0.25, 0.3) is 0 Å². The highest BCUT2D eigenvalue weighted by atomic mass is 16.4. The molecule has 0 aromatic carbocycles. The molecule has 0 aliphatic carbocycles. The first-order valence-electron chi connectivity index (χ1n) is 5.56. The highest BCUT2D eigenvalue weighted by Crippen LogP contribution is 2.22. The van der Waals surface area contributed by atoms with E-state index in [0.717, 1.165) is 32.2 Å². The number of aliphatic carboxylic acids is 1. The molecule has 1 N–H and O–H groups in total. The number of likely N-dealkylation sites (tertiary alicyclic amines) is 1. The summed E-state index contributed by atoms with van der Waals surface area (Å²) < 4.78 is 0. The first kappa shape index (κ1) is 12.0. The van der Waals surface area contributed by atoms with Crippen LogP contribution in [-0.2, 0) is 4.79 Å². The second kappa shape index (κ2) is 5.72. The largest absolute Gasteiger partial charge is 0.481 e. The SMILES string of the molecule is CCC(C#N)N1CCCCC1CC(=O)O. The molecule has 15 heavy (non-hydrogen) atoms. The monoisotopic (exact) mass is 210 g/mol. The lowest BCUT2D eigenvalue weighted by atomic mass is 9.97. The maximum atomic E-state index is 10.7. The van der Waals surface area contributed by atoms with E-state index in [-0.39, 0.29) is 18.5 Å². The van der Waals surface area contributed by atoms with Gasteiger partial charge in [-0.2, -0.15) is 5.26 Å². The summed E-state index contributed by atoms with van der Waals surface area (Å²) in [6, 6.07) is 2.20. The summed E-state index contributed by atoms with van der Waals surface area (Å²) in [4.78, 5) is 12.8. The van der Waals surface area contributed by atoms with Crippen LogP contribution in [0.4, 0.5) is 0 Å². The quantitative estimate of drug-likeness (QED) is 0.765. The van der Waals surface area contributed by atoms with Gasteiger partial charge in [-0.1, -0.05) is 13.3 Å². The third-order valence-corrected chi connectivity index (χ3v) is 3.02. The summed E-state index contributed by atoms with van der Waals surface area (Å²) >= 11 is 0. The zero-order chi connectivity index (χ0) is 11.3. The zero-order valence-electron chi connectivity index (χ0n) is 9.15. The van der Waals surface area contributed by atoms with Crippen molar-refractivity contribution < 1.29 is 9.90 Å². The Bertz CT molecular complexity index is 260. The van der Waals surface area contributed by atoms with E-state index >= 15 is 0 Å². The van der Waals surface area contributed by atoms with Crippen molar-refractivity contribution >= 4 is 5.97 Å². The van der Waals surface area contributed by atoms with Crippen molar-refractivity contribution in [2.45, 2.75) is 51.1 Å². The molecule has 1 rings (SSSR count). The van der Waals surface area contributed by atoms with E-state index in [2.05, 4.69) is 11.0 Å². The number of carboxylic acids is 1. The predicted octanol–water partition coefficient (Wildman–Crippen LogP) is 1.62. The number of carbonyl (C=O) groups is 1. The van der Waals surface area contributed by atoms with E-state index in [1.54, 1.807) is 0 Å². The Kier molecular flexibility index (Phi) is 4.57. The van der Waals surface area contributed by atoms with Crippen LogP contribution in [0.1, 0.15) is 39.0 Å². The van der Waals surface area contributed by atoms with Crippen molar-refractivity contribution in [3.8, 4) is 6.07 Å². The molecule has 2 atom stereocenters. The highest BCUT2D eigenvalue weighted by Gasteiger charge is 2.29. The summed E-state index contributed by atoms with van der Waals surface area (Å²) in [5.74, 6) is -0.764. The standard InChI is InChI=1S/C11H18N2O2/c1-2-9(8-12)13-6-4-3-5-10(13)7-11(14)15/h9-10H,2-7H2,1H3,(H,14,15).